The van der Waals surface area contributed by atoms with Gasteiger partial charge in [-0.05, 0) is 24.1 Å². The Balaban J connectivity index is 1.72. The second-order valence-corrected chi connectivity index (χ2v) is 5.73. The molecule has 124 valence electrons. The summed E-state index contributed by atoms with van der Waals surface area (Å²) in [5.74, 6) is -1.06. The summed E-state index contributed by atoms with van der Waals surface area (Å²) in [6.45, 7) is 0.494. The smallest absolute Gasteiger partial charge is 0.280 e. The summed E-state index contributed by atoms with van der Waals surface area (Å²) < 4.78 is 1.53. The Morgan fingerprint density at radius 2 is 2.20 bits per heavy atom. The Bertz CT molecular complexity index is 1070. The lowest BCUT2D eigenvalue weighted by atomic mass is 10.1. The van der Waals surface area contributed by atoms with Crippen LogP contribution in [-0.2, 0) is 13.0 Å². The maximum Gasteiger partial charge on any atom is 0.280 e. The van der Waals surface area contributed by atoms with Crippen molar-refractivity contribution in [3.05, 3.63) is 69.8 Å². The van der Waals surface area contributed by atoms with Gasteiger partial charge in [0.05, 0.1) is 11.7 Å². The first kappa shape index (κ1) is 15.1. The van der Waals surface area contributed by atoms with Crippen molar-refractivity contribution in [1.82, 2.24) is 15.0 Å². The second-order valence-electron chi connectivity index (χ2n) is 5.73. The van der Waals surface area contributed by atoms with Crippen LogP contribution in [0.15, 0.2) is 52.6 Å². The number of amides is 1. The van der Waals surface area contributed by atoms with Crippen molar-refractivity contribution in [1.29, 1.82) is 0 Å². The number of para-hydroxylation sites is 1. The van der Waals surface area contributed by atoms with Crippen LogP contribution in [0.5, 0.6) is 5.75 Å². The summed E-state index contributed by atoms with van der Waals surface area (Å²) in [6.07, 6.45) is 5.33. The van der Waals surface area contributed by atoms with E-state index in [1.807, 2.05) is 6.07 Å². The minimum atomic E-state index is -0.745. The first-order valence-corrected chi connectivity index (χ1v) is 7.77. The highest BCUT2D eigenvalue weighted by Gasteiger charge is 2.25. The number of aromatic nitrogens is 2. The molecule has 1 aromatic carbocycles. The molecule has 25 heavy (non-hydrogen) atoms. The molecule has 3 heterocycles. The summed E-state index contributed by atoms with van der Waals surface area (Å²) in [7, 11) is 0. The fraction of sp³-hybridized carbons (Fsp3) is 0.111. The predicted octanol–water partition coefficient (Wildman–Crippen LogP) is 1.42. The van der Waals surface area contributed by atoms with Crippen LogP contribution in [0.3, 0.4) is 0 Å². The molecule has 0 bridgehead atoms. The molecular formula is C18H14N4O3. The van der Waals surface area contributed by atoms with E-state index in [2.05, 4.69) is 15.5 Å². The van der Waals surface area contributed by atoms with Crippen molar-refractivity contribution < 1.29 is 9.90 Å². The van der Waals surface area contributed by atoms with Gasteiger partial charge >= 0.3 is 0 Å². The quantitative estimate of drug-likeness (QED) is 0.559. The van der Waals surface area contributed by atoms with E-state index in [0.717, 1.165) is 5.56 Å². The molecule has 3 aromatic rings. The van der Waals surface area contributed by atoms with Crippen LogP contribution in [-0.4, -0.2) is 26.8 Å². The molecule has 0 radical (unpaired) electrons. The largest absolute Gasteiger partial charge is 0.506 e. The zero-order valence-electron chi connectivity index (χ0n) is 13.1. The average Bonchev–Trinajstić information content (AvgIpc) is 3.06. The van der Waals surface area contributed by atoms with Crippen molar-refractivity contribution >= 4 is 23.0 Å². The van der Waals surface area contributed by atoms with Gasteiger partial charge in [0.1, 0.15) is 11.3 Å². The molecule has 1 aliphatic heterocycles. The summed E-state index contributed by atoms with van der Waals surface area (Å²) in [4.78, 5) is 28.9. The maximum absolute atomic E-state index is 12.6. The Kier molecular flexibility index (Phi) is 3.53. The van der Waals surface area contributed by atoms with Gasteiger partial charge in [0.15, 0.2) is 0 Å². The van der Waals surface area contributed by atoms with Crippen molar-refractivity contribution in [2.75, 3.05) is 0 Å². The Morgan fingerprint density at radius 1 is 1.32 bits per heavy atom. The Morgan fingerprint density at radius 3 is 3.00 bits per heavy atom. The number of rotatable bonds is 3. The number of carbonyl (C=O) groups excluding carboxylic acids is 1. The Labute approximate surface area is 142 Å². The van der Waals surface area contributed by atoms with E-state index in [-0.39, 0.29) is 11.3 Å². The van der Waals surface area contributed by atoms with Crippen LogP contribution in [0.2, 0.25) is 0 Å². The standard InChI is InChI=1S/C18H14N4O3/c23-16-13-5-1-4-12-6-8-22(15(12)13)18(25)14(16)17(24)21-20-10-11-3-2-7-19-9-11/h1-5,7,9-10,23H,6,8H2,(H,21,24)/b20-10-. The lowest BCUT2D eigenvalue weighted by Crippen LogP contribution is -2.30. The minimum Gasteiger partial charge on any atom is -0.506 e. The van der Waals surface area contributed by atoms with Crippen molar-refractivity contribution in [2.24, 2.45) is 5.10 Å². The lowest BCUT2D eigenvalue weighted by Gasteiger charge is -2.10. The molecular weight excluding hydrogens is 320 g/mol. The molecule has 0 saturated carbocycles. The molecule has 2 aromatic heterocycles. The third-order valence-electron chi connectivity index (χ3n) is 4.24. The highest BCUT2D eigenvalue weighted by Crippen LogP contribution is 2.31. The third-order valence-corrected chi connectivity index (χ3v) is 4.24. The van der Waals surface area contributed by atoms with Gasteiger partial charge in [-0.1, -0.05) is 18.2 Å². The normalized spacial score (nSPS) is 12.8. The molecule has 1 amide bonds. The van der Waals surface area contributed by atoms with Crippen molar-refractivity contribution in [2.45, 2.75) is 13.0 Å². The number of hydrogen-bond acceptors (Lipinski definition) is 5. The van der Waals surface area contributed by atoms with Crippen LogP contribution < -0.4 is 11.0 Å². The van der Waals surface area contributed by atoms with Crippen LogP contribution in [0, 0.1) is 0 Å². The third kappa shape index (κ3) is 2.46. The van der Waals surface area contributed by atoms with E-state index < -0.39 is 11.5 Å². The number of hydrogen-bond donors (Lipinski definition) is 2. The highest BCUT2D eigenvalue weighted by molar-refractivity contribution is 6.03. The average molecular weight is 334 g/mol. The predicted molar refractivity (Wildman–Crippen MR) is 92.9 cm³/mol. The molecule has 0 spiro atoms. The summed E-state index contributed by atoms with van der Waals surface area (Å²) in [5.41, 5.74) is 3.87. The number of carbonyl (C=O) groups is 1. The number of benzene rings is 1. The van der Waals surface area contributed by atoms with E-state index in [9.17, 15) is 14.7 Å². The zero-order valence-corrected chi connectivity index (χ0v) is 13.1. The molecule has 0 unspecified atom stereocenters. The van der Waals surface area contributed by atoms with Crippen molar-refractivity contribution in [3.63, 3.8) is 0 Å². The molecule has 4 rings (SSSR count). The van der Waals surface area contributed by atoms with E-state index in [1.54, 1.807) is 36.7 Å². The lowest BCUT2D eigenvalue weighted by molar-refractivity contribution is 0.0950. The van der Waals surface area contributed by atoms with Gasteiger partial charge in [0.2, 0.25) is 0 Å². The summed E-state index contributed by atoms with van der Waals surface area (Å²) in [5, 5.41) is 14.8. The van der Waals surface area contributed by atoms with Gasteiger partial charge in [-0.3, -0.25) is 14.6 Å². The number of hydrazone groups is 1. The molecule has 1 aliphatic rings. The summed E-state index contributed by atoms with van der Waals surface area (Å²) in [6, 6.07) is 8.94. The van der Waals surface area contributed by atoms with Gasteiger partial charge in [-0.15, -0.1) is 0 Å². The molecule has 0 aliphatic carbocycles. The van der Waals surface area contributed by atoms with Gasteiger partial charge < -0.3 is 9.67 Å². The van der Waals surface area contributed by atoms with Crippen LogP contribution in [0.4, 0.5) is 0 Å². The molecule has 0 saturated heterocycles. The number of aromatic hydroxyl groups is 1. The molecule has 0 fully saturated rings. The maximum atomic E-state index is 12.6. The second kappa shape index (κ2) is 5.86. The van der Waals surface area contributed by atoms with Crippen LogP contribution >= 0.6 is 0 Å². The number of nitrogens with zero attached hydrogens (tertiary/aromatic N) is 3. The minimum absolute atomic E-state index is 0.296. The van der Waals surface area contributed by atoms with Crippen molar-refractivity contribution in [3.8, 4) is 5.75 Å². The number of nitrogens with one attached hydrogen (secondary N) is 1. The van der Waals surface area contributed by atoms with Gasteiger partial charge in [0, 0.05) is 29.9 Å². The van der Waals surface area contributed by atoms with E-state index >= 15 is 0 Å². The van der Waals surface area contributed by atoms with E-state index in [0.29, 0.717) is 29.4 Å². The zero-order chi connectivity index (χ0) is 17.4. The Hall–Kier alpha value is -3.48. The van der Waals surface area contributed by atoms with Gasteiger partial charge in [-0.25, -0.2) is 5.43 Å². The molecule has 7 nitrogen and oxygen atoms in total. The first-order chi connectivity index (χ1) is 12.2. The molecule has 2 N–H and O–H groups in total. The topological polar surface area (TPSA) is 96.6 Å². The monoisotopic (exact) mass is 334 g/mol. The van der Waals surface area contributed by atoms with Gasteiger partial charge in [-0.2, -0.15) is 5.10 Å². The molecule has 0 atom stereocenters. The fourth-order valence-corrected chi connectivity index (χ4v) is 3.10. The number of pyridine rings is 2. The van der Waals surface area contributed by atoms with Crippen LogP contribution in [0.1, 0.15) is 21.5 Å². The van der Waals surface area contributed by atoms with Crippen LogP contribution in [0.25, 0.3) is 10.9 Å². The van der Waals surface area contributed by atoms with E-state index in [4.69, 9.17) is 0 Å². The fourth-order valence-electron chi connectivity index (χ4n) is 3.10. The molecule has 7 heteroatoms. The summed E-state index contributed by atoms with van der Waals surface area (Å²) >= 11 is 0. The number of aryl methyl sites for hydroxylation is 2. The van der Waals surface area contributed by atoms with E-state index in [1.165, 1.54) is 10.8 Å². The highest BCUT2D eigenvalue weighted by atomic mass is 16.3. The SMILES string of the molecule is O=C(N/N=C\c1cccnc1)c1c(O)c2cccc3c2n(c1=O)CC3. The van der Waals surface area contributed by atoms with Gasteiger partial charge in [0.25, 0.3) is 11.5 Å². The first-order valence-electron chi connectivity index (χ1n) is 7.77.